The van der Waals surface area contributed by atoms with Crippen LogP contribution in [-0.2, 0) is 16.6 Å². The summed E-state index contributed by atoms with van der Waals surface area (Å²) in [5, 5.41) is 6.98. The number of anilines is 1. The van der Waals surface area contributed by atoms with E-state index in [9.17, 15) is 9.59 Å². The molecule has 0 aromatic carbocycles. The molecule has 2 aromatic heterocycles. The van der Waals surface area contributed by atoms with E-state index in [1.54, 1.807) is 36.5 Å². The van der Waals surface area contributed by atoms with Crippen LogP contribution in [0.3, 0.4) is 0 Å². The summed E-state index contributed by atoms with van der Waals surface area (Å²) in [7, 11) is 1.73. The van der Waals surface area contributed by atoms with Crippen LogP contribution in [0.4, 0.5) is 5.69 Å². The lowest BCUT2D eigenvalue weighted by Gasteiger charge is -2.42. The number of piperidine rings is 1. The van der Waals surface area contributed by atoms with Crippen molar-refractivity contribution in [3.05, 3.63) is 36.7 Å². The molecule has 0 radical (unpaired) electrons. The zero-order valence-corrected chi connectivity index (χ0v) is 15.1. The first-order valence-electron chi connectivity index (χ1n) is 9.07. The molecule has 2 aliphatic rings. The molecule has 1 N–H and O–H groups in total. The molecule has 2 amide bonds. The van der Waals surface area contributed by atoms with E-state index in [-0.39, 0.29) is 35.6 Å². The fourth-order valence-corrected chi connectivity index (χ4v) is 3.76. The molecule has 142 valence electrons. The molecule has 0 aliphatic carbocycles. The Bertz CT molecular complexity index is 824. The van der Waals surface area contributed by atoms with Gasteiger partial charge in [-0.15, -0.1) is 5.10 Å². The zero-order valence-electron chi connectivity index (χ0n) is 15.1. The average Bonchev–Trinajstić information content (AvgIpc) is 3.13. The Hall–Kier alpha value is -2.81. The van der Waals surface area contributed by atoms with E-state index in [2.05, 4.69) is 20.4 Å². The Morgan fingerprint density at radius 1 is 1.37 bits per heavy atom. The third-order valence-electron chi connectivity index (χ3n) is 5.14. The second-order valence-electron chi connectivity index (χ2n) is 7.08. The standard InChI is InChI=1S/C18H22N6O3/c1-23-11-20-16(22-23)18(26)24-6-4-15-12(9-24)7-13(10-27-15)17(25)21-14-3-2-5-19-8-14/h2-3,5,8,11-13,15H,4,6-7,9-10H2,1H3,(H,21,25)/t12-,13-,15+/m0/s1. The van der Waals surface area contributed by atoms with Gasteiger partial charge in [-0.25, -0.2) is 4.98 Å². The van der Waals surface area contributed by atoms with Gasteiger partial charge in [-0.3, -0.25) is 19.3 Å². The molecular weight excluding hydrogens is 348 g/mol. The molecule has 0 bridgehead atoms. The number of hydrogen-bond acceptors (Lipinski definition) is 6. The van der Waals surface area contributed by atoms with Gasteiger partial charge >= 0.3 is 0 Å². The van der Waals surface area contributed by atoms with Gasteiger partial charge in [0.2, 0.25) is 11.7 Å². The van der Waals surface area contributed by atoms with Gasteiger partial charge in [-0.05, 0) is 25.0 Å². The predicted molar refractivity (Wildman–Crippen MR) is 95.7 cm³/mol. The van der Waals surface area contributed by atoms with E-state index in [1.807, 2.05) is 0 Å². The van der Waals surface area contributed by atoms with Crippen molar-refractivity contribution >= 4 is 17.5 Å². The number of carbonyl (C=O) groups excluding carboxylic acids is 2. The zero-order chi connectivity index (χ0) is 18.8. The molecule has 9 nitrogen and oxygen atoms in total. The molecule has 2 fully saturated rings. The number of nitrogens with zero attached hydrogens (tertiary/aromatic N) is 5. The van der Waals surface area contributed by atoms with E-state index < -0.39 is 0 Å². The SMILES string of the molecule is Cn1cnc(C(=O)N2CC[C@H]3OC[C@@H](C(=O)Nc4cccnc4)C[C@H]3C2)n1. The van der Waals surface area contributed by atoms with Crippen LogP contribution in [-0.4, -0.2) is 62.3 Å². The van der Waals surface area contributed by atoms with Gasteiger partial charge in [0.1, 0.15) is 6.33 Å². The highest BCUT2D eigenvalue weighted by Crippen LogP contribution is 2.32. The summed E-state index contributed by atoms with van der Waals surface area (Å²) >= 11 is 0. The molecule has 2 saturated heterocycles. The van der Waals surface area contributed by atoms with Gasteiger partial charge in [-0.1, -0.05) is 0 Å². The largest absolute Gasteiger partial charge is 0.377 e. The number of pyridine rings is 1. The van der Waals surface area contributed by atoms with Crippen molar-refractivity contribution in [1.29, 1.82) is 0 Å². The Morgan fingerprint density at radius 2 is 2.26 bits per heavy atom. The Morgan fingerprint density at radius 3 is 3.00 bits per heavy atom. The van der Waals surface area contributed by atoms with Crippen LogP contribution in [0.5, 0.6) is 0 Å². The summed E-state index contributed by atoms with van der Waals surface area (Å²) in [6.07, 6.45) is 6.34. The van der Waals surface area contributed by atoms with E-state index in [1.165, 1.54) is 11.0 Å². The lowest BCUT2D eigenvalue weighted by atomic mass is 9.83. The van der Waals surface area contributed by atoms with Crippen LogP contribution in [0.1, 0.15) is 23.5 Å². The number of carbonyl (C=O) groups is 2. The Balaban J connectivity index is 1.38. The first-order chi connectivity index (χ1) is 13.1. The molecule has 0 unspecified atom stereocenters. The van der Waals surface area contributed by atoms with Gasteiger partial charge < -0.3 is 15.0 Å². The Kier molecular flexibility index (Phi) is 4.85. The normalized spacial score (nSPS) is 24.9. The van der Waals surface area contributed by atoms with Crippen LogP contribution in [0.2, 0.25) is 0 Å². The van der Waals surface area contributed by atoms with Gasteiger partial charge in [-0.2, -0.15) is 0 Å². The van der Waals surface area contributed by atoms with E-state index >= 15 is 0 Å². The summed E-state index contributed by atoms with van der Waals surface area (Å²) < 4.78 is 7.46. The highest BCUT2D eigenvalue weighted by molar-refractivity contribution is 5.92. The number of amides is 2. The third kappa shape index (κ3) is 3.82. The smallest absolute Gasteiger partial charge is 0.293 e. The number of aryl methyl sites for hydroxylation is 1. The third-order valence-corrected chi connectivity index (χ3v) is 5.14. The molecule has 0 saturated carbocycles. The van der Waals surface area contributed by atoms with Crippen LogP contribution < -0.4 is 5.32 Å². The molecule has 3 atom stereocenters. The van der Waals surface area contributed by atoms with Crippen LogP contribution in [0, 0.1) is 11.8 Å². The van der Waals surface area contributed by atoms with E-state index in [0.29, 0.717) is 31.8 Å². The summed E-state index contributed by atoms with van der Waals surface area (Å²) in [5.74, 6) is -0.148. The molecule has 0 spiro atoms. The number of aromatic nitrogens is 4. The molecule has 9 heteroatoms. The van der Waals surface area contributed by atoms with Crippen molar-refractivity contribution in [1.82, 2.24) is 24.6 Å². The lowest BCUT2D eigenvalue weighted by molar-refractivity contribution is -0.133. The highest BCUT2D eigenvalue weighted by atomic mass is 16.5. The van der Waals surface area contributed by atoms with Crippen molar-refractivity contribution in [2.75, 3.05) is 25.0 Å². The van der Waals surface area contributed by atoms with Crippen molar-refractivity contribution in [3.8, 4) is 0 Å². The predicted octanol–water partition coefficient (Wildman–Crippen LogP) is 0.716. The first-order valence-corrected chi connectivity index (χ1v) is 9.07. The second kappa shape index (κ2) is 7.43. The minimum Gasteiger partial charge on any atom is -0.377 e. The number of hydrogen-bond donors (Lipinski definition) is 1. The molecule has 27 heavy (non-hydrogen) atoms. The fourth-order valence-electron chi connectivity index (χ4n) is 3.76. The van der Waals surface area contributed by atoms with Crippen molar-refractivity contribution in [2.45, 2.75) is 18.9 Å². The van der Waals surface area contributed by atoms with Crippen molar-refractivity contribution in [2.24, 2.45) is 18.9 Å². The minimum absolute atomic E-state index is 0.0729. The van der Waals surface area contributed by atoms with E-state index in [4.69, 9.17) is 4.74 Å². The minimum atomic E-state index is -0.241. The molecular formula is C18H22N6O3. The van der Waals surface area contributed by atoms with Gasteiger partial charge in [0.25, 0.3) is 5.91 Å². The van der Waals surface area contributed by atoms with E-state index in [0.717, 1.165) is 6.42 Å². The van der Waals surface area contributed by atoms with Crippen molar-refractivity contribution < 1.29 is 14.3 Å². The van der Waals surface area contributed by atoms with Gasteiger partial charge in [0.05, 0.1) is 30.5 Å². The summed E-state index contributed by atoms with van der Waals surface area (Å²) in [6, 6.07) is 3.58. The van der Waals surface area contributed by atoms with Crippen LogP contribution >= 0.6 is 0 Å². The molecule has 4 rings (SSSR count). The number of fused-ring (bicyclic) bond motifs is 1. The molecule has 4 heterocycles. The monoisotopic (exact) mass is 370 g/mol. The highest BCUT2D eigenvalue weighted by Gasteiger charge is 2.40. The summed E-state index contributed by atoms with van der Waals surface area (Å²) in [6.45, 7) is 1.58. The average molecular weight is 370 g/mol. The number of rotatable bonds is 3. The van der Waals surface area contributed by atoms with Crippen LogP contribution in [0.15, 0.2) is 30.9 Å². The number of ether oxygens (including phenoxy) is 1. The van der Waals surface area contributed by atoms with Crippen LogP contribution in [0.25, 0.3) is 0 Å². The quantitative estimate of drug-likeness (QED) is 0.854. The number of nitrogens with one attached hydrogen (secondary N) is 1. The Labute approximate surface area is 156 Å². The van der Waals surface area contributed by atoms with Crippen molar-refractivity contribution in [3.63, 3.8) is 0 Å². The molecule has 2 aromatic rings. The fraction of sp³-hybridized carbons (Fsp3) is 0.500. The maximum atomic E-state index is 12.6. The topological polar surface area (TPSA) is 102 Å². The number of likely N-dealkylation sites (tertiary alicyclic amines) is 1. The van der Waals surface area contributed by atoms with Gasteiger partial charge in [0, 0.05) is 32.3 Å². The molecule has 2 aliphatic heterocycles. The summed E-state index contributed by atoms with van der Waals surface area (Å²) in [4.78, 5) is 35.0. The second-order valence-corrected chi connectivity index (χ2v) is 7.08. The lowest BCUT2D eigenvalue weighted by Crippen LogP contribution is -2.51. The maximum Gasteiger partial charge on any atom is 0.293 e. The van der Waals surface area contributed by atoms with Gasteiger partial charge in [0.15, 0.2) is 0 Å². The maximum absolute atomic E-state index is 12.6. The first kappa shape index (κ1) is 17.6. The summed E-state index contributed by atoms with van der Waals surface area (Å²) in [5.41, 5.74) is 0.672.